The van der Waals surface area contributed by atoms with Crippen LogP contribution in [0.2, 0.25) is 0 Å². The highest BCUT2D eigenvalue weighted by Gasteiger charge is 2.32. The highest BCUT2D eigenvalue weighted by molar-refractivity contribution is 5.29. The van der Waals surface area contributed by atoms with Crippen LogP contribution in [-0.4, -0.2) is 6.54 Å². The maximum absolute atomic E-state index is 12.8. The van der Waals surface area contributed by atoms with Crippen molar-refractivity contribution in [3.63, 3.8) is 0 Å². The highest BCUT2D eigenvalue weighted by atomic mass is 19.4. The molecular weight excluding hydrogens is 251 g/mol. The molecule has 1 aromatic rings. The number of hydrogen-bond acceptors (Lipinski definition) is 1. The van der Waals surface area contributed by atoms with Gasteiger partial charge in [-0.2, -0.15) is 13.2 Å². The van der Waals surface area contributed by atoms with Gasteiger partial charge in [0.25, 0.3) is 0 Å². The summed E-state index contributed by atoms with van der Waals surface area (Å²) in [6.45, 7) is 0.525. The third kappa shape index (κ3) is 3.50. The van der Waals surface area contributed by atoms with Gasteiger partial charge in [-0.1, -0.05) is 31.0 Å². The van der Waals surface area contributed by atoms with E-state index in [1.807, 2.05) is 6.07 Å². The maximum atomic E-state index is 12.8. The van der Waals surface area contributed by atoms with Gasteiger partial charge in [0, 0.05) is 0 Å². The van der Waals surface area contributed by atoms with E-state index in [0.717, 1.165) is 30.9 Å². The third-order valence-electron chi connectivity index (χ3n) is 4.09. The van der Waals surface area contributed by atoms with E-state index in [4.69, 9.17) is 5.73 Å². The van der Waals surface area contributed by atoms with Crippen LogP contribution >= 0.6 is 0 Å². The van der Waals surface area contributed by atoms with Crippen LogP contribution in [0, 0.1) is 5.92 Å². The minimum atomic E-state index is -4.26. The normalized spacial score (nSPS) is 18.7. The summed E-state index contributed by atoms with van der Waals surface area (Å²) < 4.78 is 38.3. The second kappa shape index (κ2) is 5.95. The van der Waals surface area contributed by atoms with Crippen LogP contribution in [0.25, 0.3) is 0 Å². The Bertz CT molecular complexity index is 408. The smallest absolute Gasteiger partial charge is 0.330 e. The highest BCUT2D eigenvalue weighted by Crippen LogP contribution is 2.40. The fourth-order valence-electron chi connectivity index (χ4n) is 3.16. The van der Waals surface area contributed by atoms with E-state index in [1.54, 1.807) is 0 Å². The molecule has 1 aliphatic carbocycles. The Hall–Kier alpha value is -1.03. The molecule has 19 heavy (non-hydrogen) atoms. The summed E-state index contributed by atoms with van der Waals surface area (Å²) in [4.78, 5) is 0. The molecule has 0 bridgehead atoms. The fraction of sp³-hybridized carbons (Fsp3) is 0.600. The number of alkyl halides is 3. The van der Waals surface area contributed by atoms with Crippen LogP contribution in [0.4, 0.5) is 13.2 Å². The second-order valence-corrected chi connectivity index (χ2v) is 5.35. The Labute approximate surface area is 112 Å². The first kappa shape index (κ1) is 14.4. The van der Waals surface area contributed by atoms with E-state index in [0.29, 0.717) is 12.5 Å². The van der Waals surface area contributed by atoms with Crippen molar-refractivity contribution < 1.29 is 13.2 Å². The van der Waals surface area contributed by atoms with Crippen molar-refractivity contribution in [2.75, 3.05) is 6.54 Å². The van der Waals surface area contributed by atoms with E-state index in [9.17, 15) is 13.2 Å². The van der Waals surface area contributed by atoms with Gasteiger partial charge in [-0.25, -0.2) is 0 Å². The molecule has 4 heteroatoms. The van der Waals surface area contributed by atoms with E-state index in [-0.39, 0.29) is 5.92 Å². The first-order valence-electron chi connectivity index (χ1n) is 6.89. The topological polar surface area (TPSA) is 26.0 Å². The van der Waals surface area contributed by atoms with Gasteiger partial charge in [0.05, 0.1) is 5.56 Å². The van der Waals surface area contributed by atoms with Gasteiger partial charge >= 0.3 is 6.18 Å². The summed E-state index contributed by atoms with van der Waals surface area (Å²) in [6, 6.07) is 5.76. The number of rotatable bonds is 4. The molecule has 2 rings (SSSR count). The Morgan fingerprint density at radius 3 is 2.47 bits per heavy atom. The largest absolute Gasteiger partial charge is 0.416 e. The van der Waals surface area contributed by atoms with Crippen LogP contribution in [0.15, 0.2) is 24.3 Å². The second-order valence-electron chi connectivity index (χ2n) is 5.35. The molecule has 1 nitrogen and oxygen atoms in total. The molecular formula is C15H20F3N. The predicted molar refractivity (Wildman–Crippen MR) is 69.8 cm³/mol. The standard InChI is InChI=1S/C15H20F3N/c16-15(17,18)13-7-3-6-12(10-13)14(8-9-19)11-4-1-2-5-11/h3,6-7,10-11,14H,1-2,4-5,8-9,19H2. The Balaban J connectivity index is 2.25. The van der Waals surface area contributed by atoms with Gasteiger partial charge in [0.15, 0.2) is 0 Å². The Kier molecular flexibility index (Phi) is 4.50. The van der Waals surface area contributed by atoms with Crippen molar-refractivity contribution in [2.24, 2.45) is 11.7 Å². The number of nitrogens with two attached hydrogens (primary N) is 1. The summed E-state index contributed by atoms with van der Waals surface area (Å²) in [5.74, 6) is 0.668. The van der Waals surface area contributed by atoms with Gasteiger partial charge in [0.2, 0.25) is 0 Å². The first-order valence-corrected chi connectivity index (χ1v) is 6.89. The molecule has 106 valence electrons. The van der Waals surface area contributed by atoms with Crippen LogP contribution < -0.4 is 5.73 Å². The molecule has 0 radical (unpaired) electrons. The summed E-state index contributed by atoms with van der Waals surface area (Å²) >= 11 is 0. The zero-order valence-electron chi connectivity index (χ0n) is 10.9. The van der Waals surface area contributed by atoms with Gasteiger partial charge in [0.1, 0.15) is 0 Å². The van der Waals surface area contributed by atoms with Crippen LogP contribution in [0.5, 0.6) is 0 Å². The number of hydrogen-bond donors (Lipinski definition) is 1. The zero-order valence-corrected chi connectivity index (χ0v) is 10.9. The van der Waals surface area contributed by atoms with Crippen molar-refractivity contribution >= 4 is 0 Å². The van der Waals surface area contributed by atoms with Crippen LogP contribution in [0.3, 0.4) is 0 Å². The lowest BCUT2D eigenvalue weighted by Gasteiger charge is -2.24. The van der Waals surface area contributed by atoms with E-state index in [1.165, 1.54) is 25.0 Å². The van der Waals surface area contributed by atoms with Crippen molar-refractivity contribution in [3.05, 3.63) is 35.4 Å². The average Bonchev–Trinajstić information content (AvgIpc) is 2.88. The number of benzene rings is 1. The monoisotopic (exact) mass is 271 g/mol. The molecule has 0 aliphatic heterocycles. The van der Waals surface area contributed by atoms with E-state index < -0.39 is 11.7 Å². The summed E-state index contributed by atoms with van der Waals surface area (Å²) in [5, 5.41) is 0. The van der Waals surface area contributed by atoms with Crippen molar-refractivity contribution in [3.8, 4) is 0 Å². The molecule has 0 amide bonds. The number of halogens is 3. The molecule has 1 aliphatic rings. The predicted octanol–water partition coefficient (Wildman–Crippen LogP) is 4.33. The maximum Gasteiger partial charge on any atom is 0.416 e. The first-order chi connectivity index (χ1) is 9.02. The van der Waals surface area contributed by atoms with E-state index >= 15 is 0 Å². The lowest BCUT2D eigenvalue weighted by Crippen LogP contribution is -2.16. The van der Waals surface area contributed by atoms with Crippen molar-refractivity contribution in [2.45, 2.75) is 44.2 Å². The minimum absolute atomic E-state index is 0.176. The average molecular weight is 271 g/mol. The molecule has 1 unspecified atom stereocenters. The lowest BCUT2D eigenvalue weighted by atomic mass is 9.82. The van der Waals surface area contributed by atoms with Gasteiger partial charge in [-0.05, 0) is 49.3 Å². The SMILES string of the molecule is NCCC(c1cccc(C(F)(F)F)c1)C1CCCC1. The molecule has 0 aromatic heterocycles. The quantitative estimate of drug-likeness (QED) is 0.866. The molecule has 1 fully saturated rings. The van der Waals surface area contributed by atoms with Gasteiger partial charge in [-0.15, -0.1) is 0 Å². The lowest BCUT2D eigenvalue weighted by molar-refractivity contribution is -0.137. The Morgan fingerprint density at radius 2 is 1.89 bits per heavy atom. The van der Waals surface area contributed by atoms with Crippen LogP contribution in [0.1, 0.15) is 49.1 Å². The zero-order chi connectivity index (χ0) is 13.9. The van der Waals surface area contributed by atoms with Gasteiger partial charge in [-0.3, -0.25) is 0 Å². The molecule has 1 saturated carbocycles. The summed E-state index contributed by atoms with van der Waals surface area (Å²) in [7, 11) is 0. The van der Waals surface area contributed by atoms with Crippen LogP contribution in [-0.2, 0) is 6.18 Å². The Morgan fingerprint density at radius 1 is 1.21 bits per heavy atom. The molecule has 0 saturated heterocycles. The molecule has 0 heterocycles. The summed E-state index contributed by atoms with van der Waals surface area (Å²) in [5.41, 5.74) is 5.88. The van der Waals surface area contributed by atoms with Crippen molar-refractivity contribution in [1.29, 1.82) is 0 Å². The molecule has 1 atom stereocenters. The van der Waals surface area contributed by atoms with E-state index in [2.05, 4.69) is 0 Å². The van der Waals surface area contributed by atoms with Gasteiger partial charge < -0.3 is 5.73 Å². The van der Waals surface area contributed by atoms with Crippen molar-refractivity contribution in [1.82, 2.24) is 0 Å². The minimum Gasteiger partial charge on any atom is -0.330 e. The molecule has 2 N–H and O–H groups in total. The summed E-state index contributed by atoms with van der Waals surface area (Å²) in [6.07, 6.45) is 1.10. The molecule has 1 aromatic carbocycles. The third-order valence-corrected chi connectivity index (χ3v) is 4.09. The molecule has 0 spiro atoms. The fourth-order valence-corrected chi connectivity index (χ4v) is 3.16.